The van der Waals surface area contributed by atoms with Crippen LogP contribution in [0.4, 0.5) is 8.78 Å². The van der Waals surface area contributed by atoms with E-state index in [0.717, 1.165) is 24.9 Å². The van der Waals surface area contributed by atoms with Gasteiger partial charge in [0.05, 0.1) is 6.04 Å². The van der Waals surface area contributed by atoms with Crippen LogP contribution in [0.1, 0.15) is 25.2 Å². The number of hydrogen-bond donors (Lipinski definition) is 1. The van der Waals surface area contributed by atoms with E-state index in [1.165, 1.54) is 12.1 Å². The first-order valence-electron chi connectivity index (χ1n) is 6.32. The second kappa shape index (κ2) is 4.70. The third kappa shape index (κ3) is 2.12. The first-order chi connectivity index (χ1) is 9.19. The first-order valence-corrected chi connectivity index (χ1v) is 6.32. The Labute approximate surface area is 109 Å². The molecule has 19 heavy (non-hydrogen) atoms. The summed E-state index contributed by atoms with van der Waals surface area (Å²) in [5.74, 6) is 0.142. The highest BCUT2D eigenvalue weighted by Gasteiger charge is 2.24. The van der Waals surface area contributed by atoms with Crippen LogP contribution in [0.15, 0.2) is 18.2 Å². The van der Waals surface area contributed by atoms with E-state index in [0.29, 0.717) is 17.9 Å². The number of nitrogens with one attached hydrogen (secondary N) is 1. The van der Waals surface area contributed by atoms with Crippen LogP contribution in [0.25, 0.3) is 11.4 Å². The van der Waals surface area contributed by atoms with Crippen LogP contribution in [0.5, 0.6) is 0 Å². The number of hydrogen-bond acceptors (Lipinski definition) is 3. The number of benzene rings is 1. The molecule has 0 spiro atoms. The van der Waals surface area contributed by atoms with Crippen LogP contribution in [0, 0.1) is 11.6 Å². The summed E-state index contributed by atoms with van der Waals surface area (Å²) in [6.45, 7) is 3.56. The molecule has 2 aromatic rings. The molecule has 1 atom stereocenters. The molecular weight excluding hydrogens is 250 g/mol. The van der Waals surface area contributed by atoms with E-state index in [2.05, 4.69) is 22.4 Å². The monoisotopic (exact) mass is 264 g/mol. The largest absolute Gasteiger partial charge is 0.308 e. The maximum atomic E-state index is 13.3. The zero-order valence-electron chi connectivity index (χ0n) is 10.5. The Morgan fingerprint density at radius 3 is 2.68 bits per heavy atom. The van der Waals surface area contributed by atoms with Gasteiger partial charge in [0, 0.05) is 24.7 Å². The highest BCUT2D eigenvalue weighted by atomic mass is 19.1. The lowest BCUT2D eigenvalue weighted by atomic mass is 10.1. The van der Waals surface area contributed by atoms with Crippen LogP contribution in [-0.2, 0) is 6.54 Å². The summed E-state index contributed by atoms with van der Waals surface area (Å²) in [6.07, 6.45) is 0.898. The quantitative estimate of drug-likeness (QED) is 0.905. The third-order valence-corrected chi connectivity index (χ3v) is 3.35. The summed E-state index contributed by atoms with van der Waals surface area (Å²) in [6, 6.07) is 3.56. The van der Waals surface area contributed by atoms with Crippen molar-refractivity contribution in [2.45, 2.75) is 25.9 Å². The molecule has 1 aliphatic rings. The van der Waals surface area contributed by atoms with Crippen LogP contribution < -0.4 is 5.32 Å². The fraction of sp³-hybridized carbons (Fsp3) is 0.385. The third-order valence-electron chi connectivity index (χ3n) is 3.35. The normalized spacial score (nSPS) is 18.4. The molecule has 4 nitrogen and oxygen atoms in total. The highest BCUT2D eigenvalue weighted by Crippen LogP contribution is 2.26. The van der Waals surface area contributed by atoms with Gasteiger partial charge in [0.25, 0.3) is 0 Å². The maximum absolute atomic E-state index is 13.3. The average Bonchev–Trinajstić information content (AvgIpc) is 2.81. The maximum Gasteiger partial charge on any atom is 0.164 e. The van der Waals surface area contributed by atoms with Gasteiger partial charge < -0.3 is 9.88 Å². The molecule has 0 bridgehead atoms. The summed E-state index contributed by atoms with van der Waals surface area (Å²) >= 11 is 0. The van der Waals surface area contributed by atoms with Crippen molar-refractivity contribution in [2.24, 2.45) is 0 Å². The van der Waals surface area contributed by atoms with Crippen molar-refractivity contribution in [1.29, 1.82) is 0 Å². The molecule has 1 aliphatic heterocycles. The molecule has 1 aromatic heterocycles. The number of fused-ring (bicyclic) bond motifs is 1. The Morgan fingerprint density at radius 1 is 1.26 bits per heavy atom. The molecule has 3 rings (SSSR count). The standard InChI is InChI=1S/C13H14F2N4/c1-2-11-13-18-17-12(19(13)4-3-16-11)8-5-9(14)7-10(15)6-8/h5-7,11,16H,2-4H2,1H3. The SMILES string of the molecule is CCC1NCCn2c(-c3cc(F)cc(F)c3)nnc21. The van der Waals surface area contributed by atoms with Gasteiger partial charge in [-0.2, -0.15) is 0 Å². The van der Waals surface area contributed by atoms with Gasteiger partial charge in [-0.3, -0.25) is 0 Å². The van der Waals surface area contributed by atoms with Crippen LogP contribution in [0.2, 0.25) is 0 Å². The van der Waals surface area contributed by atoms with Gasteiger partial charge in [-0.25, -0.2) is 8.78 Å². The van der Waals surface area contributed by atoms with E-state index in [9.17, 15) is 8.78 Å². The zero-order valence-corrected chi connectivity index (χ0v) is 10.5. The molecule has 1 aromatic carbocycles. The van der Waals surface area contributed by atoms with Gasteiger partial charge in [-0.15, -0.1) is 10.2 Å². The van der Waals surface area contributed by atoms with Gasteiger partial charge in [-0.1, -0.05) is 6.92 Å². The predicted molar refractivity (Wildman–Crippen MR) is 66.4 cm³/mol. The summed E-state index contributed by atoms with van der Waals surface area (Å²) in [5.41, 5.74) is 0.424. The fourth-order valence-electron chi connectivity index (χ4n) is 2.46. The molecule has 1 unspecified atom stereocenters. The molecule has 100 valence electrons. The van der Waals surface area contributed by atoms with E-state index in [4.69, 9.17) is 0 Å². The van der Waals surface area contributed by atoms with Crippen molar-refractivity contribution >= 4 is 0 Å². The van der Waals surface area contributed by atoms with Gasteiger partial charge in [0.1, 0.15) is 11.6 Å². The van der Waals surface area contributed by atoms with Crippen LogP contribution >= 0.6 is 0 Å². The van der Waals surface area contributed by atoms with Crippen molar-refractivity contribution in [3.8, 4) is 11.4 Å². The second-order valence-electron chi connectivity index (χ2n) is 4.61. The highest BCUT2D eigenvalue weighted by molar-refractivity contribution is 5.55. The minimum Gasteiger partial charge on any atom is -0.308 e. The Balaban J connectivity index is 2.09. The summed E-state index contributed by atoms with van der Waals surface area (Å²) < 4.78 is 28.5. The lowest BCUT2D eigenvalue weighted by molar-refractivity contribution is 0.407. The summed E-state index contributed by atoms with van der Waals surface area (Å²) in [7, 11) is 0. The first kappa shape index (κ1) is 12.2. The zero-order chi connectivity index (χ0) is 13.4. The fourth-order valence-corrected chi connectivity index (χ4v) is 2.46. The van der Waals surface area contributed by atoms with E-state index >= 15 is 0 Å². The Hall–Kier alpha value is -1.82. The van der Waals surface area contributed by atoms with E-state index in [1.54, 1.807) is 0 Å². The molecule has 0 aliphatic carbocycles. The Bertz CT molecular complexity index is 588. The molecule has 1 N–H and O–H groups in total. The number of aromatic nitrogens is 3. The van der Waals surface area contributed by atoms with Gasteiger partial charge in [-0.05, 0) is 18.6 Å². The minimum atomic E-state index is -0.603. The van der Waals surface area contributed by atoms with Crippen molar-refractivity contribution in [3.63, 3.8) is 0 Å². The number of halogens is 2. The van der Waals surface area contributed by atoms with E-state index in [-0.39, 0.29) is 6.04 Å². The van der Waals surface area contributed by atoms with Gasteiger partial charge >= 0.3 is 0 Å². The van der Waals surface area contributed by atoms with Gasteiger partial charge in [0.15, 0.2) is 11.6 Å². The minimum absolute atomic E-state index is 0.147. The van der Waals surface area contributed by atoms with Crippen LogP contribution in [-0.4, -0.2) is 21.3 Å². The molecular formula is C13H14F2N4. The molecule has 2 heterocycles. The topological polar surface area (TPSA) is 42.7 Å². The molecule has 0 saturated heterocycles. The second-order valence-corrected chi connectivity index (χ2v) is 4.61. The van der Waals surface area contributed by atoms with Crippen molar-refractivity contribution < 1.29 is 8.78 Å². The van der Waals surface area contributed by atoms with E-state index < -0.39 is 11.6 Å². The predicted octanol–water partition coefficient (Wildman–Crippen LogP) is 2.28. The molecule has 0 amide bonds. The van der Waals surface area contributed by atoms with E-state index in [1.807, 2.05) is 4.57 Å². The molecule has 6 heteroatoms. The Morgan fingerprint density at radius 2 is 2.00 bits per heavy atom. The average molecular weight is 264 g/mol. The molecule has 0 fully saturated rings. The summed E-state index contributed by atoms with van der Waals surface area (Å²) in [4.78, 5) is 0. The Kier molecular flexibility index (Phi) is 3.02. The molecule has 0 radical (unpaired) electrons. The van der Waals surface area contributed by atoms with Crippen molar-refractivity contribution in [1.82, 2.24) is 20.1 Å². The lowest BCUT2D eigenvalue weighted by Gasteiger charge is -2.24. The van der Waals surface area contributed by atoms with Crippen molar-refractivity contribution in [3.05, 3.63) is 35.7 Å². The smallest absolute Gasteiger partial charge is 0.164 e. The number of nitrogens with zero attached hydrogens (tertiary/aromatic N) is 3. The summed E-state index contributed by atoms with van der Waals surface area (Å²) in [5, 5.41) is 11.6. The van der Waals surface area contributed by atoms with Crippen molar-refractivity contribution in [2.75, 3.05) is 6.54 Å². The number of rotatable bonds is 2. The lowest BCUT2D eigenvalue weighted by Crippen LogP contribution is -2.33. The van der Waals surface area contributed by atoms with Crippen LogP contribution in [0.3, 0.4) is 0 Å². The van der Waals surface area contributed by atoms with Gasteiger partial charge in [0.2, 0.25) is 0 Å². The molecule has 0 saturated carbocycles.